The van der Waals surface area contributed by atoms with Crippen LogP contribution in [-0.2, 0) is 13.2 Å². The van der Waals surface area contributed by atoms with Gasteiger partial charge in [0.05, 0.1) is 10.6 Å². The average molecular weight is 287 g/mol. The molecule has 0 aliphatic heterocycles. The number of nitro groups is 1. The lowest BCUT2D eigenvalue weighted by molar-refractivity contribution is -0.384. The highest BCUT2D eigenvalue weighted by Gasteiger charge is 2.07. The Hall–Kier alpha value is -2.47. The van der Waals surface area contributed by atoms with E-state index < -0.39 is 4.92 Å². The molecule has 2 rings (SSSR count). The lowest BCUT2D eigenvalue weighted by Crippen LogP contribution is -2.10. The molecule has 1 N–H and O–H groups in total. The number of rotatable bonds is 6. The Kier molecular flexibility index (Phi) is 4.84. The van der Waals surface area contributed by atoms with Crippen LogP contribution in [0.4, 0.5) is 5.69 Å². The standard InChI is InChI=1S/C15H17N3O3/c1-11-3-8-15(14(17-11)9-16-2)21-10-12-4-6-13(7-5-12)18(19)20/h3-8,16H,9-10H2,1-2H3. The smallest absolute Gasteiger partial charge is 0.269 e. The van der Waals surface area contributed by atoms with Gasteiger partial charge in [-0.1, -0.05) is 0 Å². The molecule has 110 valence electrons. The van der Waals surface area contributed by atoms with Gasteiger partial charge in [0, 0.05) is 24.4 Å². The van der Waals surface area contributed by atoms with Crippen LogP contribution in [0.25, 0.3) is 0 Å². The molecule has 1 heterocycles. The van der Waals surface area contributed by atoms with Crippen molar-refractivity contribution in [3.63, 3.8) is 0 Å². The minimum atomic E-state index is -0.417. The minimum Gasteiger partial charge on any atom is -0.487 e. The third kappa shape index (κ3) is 4.00. The van der Waals surface area contributed by atoms with E-state index in [-0.39, 0.29) is 5.69 Å². The molecular formula is C15H17N3O3. The van der Waals surface area contributed by atoms with Crippen LogP contribution < -0.4 is 10.1 Å². The summed E-state index contributed by atoms with van der Waals surface area (Å²) in [6, 6.07) is 10.1. The second-order valence-electron chi connectivity index (χ2n) is 4.64. The normalized spacial score (nSPS) is 10.4. The molecule has 0 spiro atoms. The Morgan fingerprint density at radius 2 is 1.95 bits per heavy atom. The largest absolute Gasteiger partial charge is 0.487 e. The molecule has 2 aromatic rings. The first kappa shape index (κ1) is 14.9. The predicted octanol–water partition coefficient (Wildman–Crippen LogP) is 2.60. The Morgan fingerprint density at radius 1 is 1.24 bits per heavy atom. The predicted molar refractivity (Wildman–Crippen MR) is 79.2 cm³/mol. The summed E-state index contributed by atoms with van der Waals surface area (Å²) in [5, 5.41) is 13.7. The van der Waals surface area contributed by atoms with Gasteiger partial charge >= 0.3 is 0 Å². The SMILES string of the molecule is CNCc1nc(C)ccc1OCc1ccc([N+](=O)[O-])cc1. The van der Waals surface area contributed by atoms with Crippen LogP contribution in [0.15, 0.2) is 36.4 Å². The van der Waals surface area contributed by atoms with Gasteiger partial charge in [-0.2, -0.15) is 0 Å². The number of hydrogen-bond donors (Lipinski definition) is 1. The van der Waals surface area contributed by atoms with Crippen molar-refractivity contribution in [3.05, 3.63) is 63.5 Å². The van der Waals surface area contributed by atoms with Crippen molar-refractivity contribution in [1.82, 2.24) is 10.3 Å². The third-order valence-corrected chi connectivity index (χ3v) is 2.96. The molecule has 0 amide bonds. The molecule has 0 fully saturated rings. The molecule has 0 bridgehead atoms. The zero-order valence-corrected chi connectivity index (χ0v) is 12.0. The fourth-order valence-corrected chi connectivity index (χ4v) is 1.90. The van der Waals surface area contributed by atoms with Crippen LogP contribution >= 0.6 is 0 Å². The zero-order chi connectivity index (χ0) is 15.2. The molecule has 1 aromatic heterocycles. The Labute approximate surface area is 122 Å². The average Bonchev–Trinajstić information content (AvgIpc) is 2.47. The molecule has 0 saturated heterocycles. The number of hydrogen-bond acceptors (Lipinski definition) is 5. The highest BCUT2D eigenvalue weighted by Crippen LogP contribution is 2.19. The number of aromatic nitrogens is 1. The lowest BCUT2D eigenvalue weighted by Gasteiger charge is -2.11. The monoisotopic (exact) mass is 287 g/mol. The van der Waals surface area contributed by atoms with E-state index in [1.165, 1.54) is 12.1 Å². The van der Waals surface area contributed by atoms with E-state index in [0.29, 0.717) is 18.9 Å². The maximum Gasteiger partial charge on any atom is 0.269 e. The minimum absolute atomic E-state index is 0.0756. The number of nitro benzene ring substituents is 1. The Balaban J connectivity index is 2.07. The summed E-state index contributed by atoms with van der Waals surface area (Å²) in [5.41, 5.74) is 2.73. The molecule has 21 heavy (non-hydrogen) atoms. The first-order valence-electron chi connectivity index (χ1n) is 6.57. The molecular weight excluding hydrogens is 270 g/mol. The molecule has 1 aromatic carbocycles. The van der Waals surface area contributed by atoms with Gasteiger partial charge in [-0.05, 0) is 43.8 Å². The van der Waals surface area contributed by atoms with E-state index in [4.69, 9.17) is 4.74 Å². The van der Waals surface area contributed by atoms with Gasteiger partial charge in [0.25, 0.3) is 5.69 Å². The van der Waals surface area contributed by atoms with E-state index >= 15 is 0 Å². The Bertz CT molecular complexity index is 627. The quantitative estimate of drug-likeness (QED) is 0.652. The van der Waals surface area contributed by atoms with Crippen molar-refractivity contribution in [1.29, 1.82) is 0 Å². The zero-order valence-electron chi connectivity index (χ0n) is 12.0. The van der Waals surface area contributed by atoms with Gasteiger partial charge in [-0.15, -0.1) is 0 Å². The number of nitrogens with one attached hydrogen (secondary N) is 1. The molecule has 0 unspecified atom stereocenters. The van der Waals surface area contributed by atoms with E-state index in [9.17, 15) is 10.1 Å². The molecule has 0 aliphatic rings. The van der Waals surface area contributed by atoms with Crippen molar-refractivity contribution < 1.29 is 9.66 Å². The van der Waals surface area contributed by atoms with E-state index in [1.54, 1.807) is 12.1 Å². The van der Waals surface area contributed by atoms with Gasteiger partial charge in [-0.3, -0.25) is 15.1 Å². The topological polar surface area (TPSA) is 77.3 Å². The number of aryl methyl sites for hydroxylation is 1. The highest BCUT2D eigenvalue weighted by atomic mass is 16.6. The fraction of sp³-hybridized carbons (Fsp3) is 0.267. The number of benzene rings is 1. The van der Waals surface area contributed by atoms with Crippen molar-refractivity contribution >= 4 is 5.69 Å². The summed E-state index contributed by atoms with van der Waals surface area (Å²) in [6.45, 7) is 2.90. The molecule has 0 atom stereocenters. The van der Waals surface area contributed by atoms with Crippen LogP contribution in [0.5, 0.6) is 5.75 Å². The number of pyridine rings is 1. The molecule has 6 heteroatoms. The molecule has 0 aliphatic carbocycles. The summed E-state index contributed by atoms with van der Waals surface area (Å²) in [4.78, 5) is 14.6. The van der Waals surface area contributed by atoms with Crippen molar-refractivity contribution in [2.45, 2.75) is 20.1 Å². The third-order valence-electron chi connectivity index (χ3n) is 2.96. The van der Waals surface area contributed by atoms with Gasteiger partial charge < -0.3 is 10.1 Å². The van der Waals surface area contributed by atoms with Crippen molar-refractivity contribution in [2.75, 3.05) is 7.05 Å². The van der Waals surface area contributed by atoms with Crippen molar-refractivity contribution in [3.8, 4) is 5.75 Å². The van der Waals surface area contributed by atoms with Gasteiger partial charge in [0.2, 0.25) is 0 Å². The maximum absolute atomic E-state index is 10.6. The number of nitrogens with zero attached hydrogens (tertiary/aromatic N) is 2. The first-order chi connectivity index (χ1) is 10.1. The van der Waals surface area contributed by atoms with E-state index in [1.807, 2.05) is 26.1 Å². The molecule has 0 radical (unpaired) electrons. The van der Waals surface area contributed by atoms with Crippen molar-refractivity contribution in [2.24, 2.45) is 0 Å². The number of ether oxygens (including phenoxy) is 1. The second kappa shape index (κ2) is 6.81. The maximum atomic E-state index is 10.6. The summed E-state index contributed by atoms with van der Waals surface area (Å²) in [6.07, 6.45) is 0. The van der Waals surface area contributed by atoms with E-state index in [0.717, 1.165) is 17.0 Å². The molecule has 0 saturated carbocycles. The van der Waals surface area contributed by atoms with E-state index in [2.05, 4.69) is 10.3 Å². The summed E-state index contributed by atoms with van der Waals surface area (Å²) in [7, 11) is 1.85. The Morgan fingerprint density at radius 3 is 2.57 bits per heavy atom. The van der Waals surface area contributed by atoms with Gasteiger partial charge in [0.15, 0.2) is 0 Å². The number of non-ortho nitro benzene ring substituents is 1. The van der Waals surface area contributed by atoms with Gasteiger partial charge in [-0.25, -0.2) is 0 Å². The molecule has 6 nitrogen and oxygen atoms in total. The van der Waals surface area contributed by atoms with Crippen LogP contribution in [0.1, 0.15) is 17.0 Å². The fourth-order valence-electron chi connectivity index (χ4n) is 1.90. The summed E-state index contributed by atoms with van der Waals surface area (Å²) in [5.74, 6) is 0.716. The van der Waals surface area contributed by atoms with Crippen LogP contribution in [0.2, 0.25) is 0 Å². The summed E-state index contributed by atoms with van der Waals surface area (Å²) >= 11 is 0. The highest BCUT2D eigenvalue weighted by molar-refractivity contribution is 5.33. The van der Waals surface area contributed by atoms with Crippen LogP contribution in [0, 0.1) is 17.0 Å². The van der Waals surface area contributed by atoms with Crippen LogP contribution in [-0.4, -0.2) is 17.0 Å². The van der Waals surface area contributed by atoms with Crippen LogP contribution in [0.3, 0.4) is 0 Å². The van der Waals surface area contributed by atoms with Gasteiger partial charge in [0.1, 0.15) is 12.4 Å². The lowest BCUT2D eigenvalue weighted by atomic mass is 10.2. The second-order valence-corrected chi connectivity index (χ2v) is 4.64. The summed E-state index contributed by atoms with van der Waals surface area (Å²) < 4.78 is 5.76. The first-order valence-corrected chi connectivity index (χ1v) is 6.57.